The zero-order valence-electron chi connectivity index (χ0n) is 16.3. The summed E-state index contributed by atoms with van der Waals surface area (Å²) >= 11 is 6.10. The molecular formula is C22H24ClN3O3. The van der Waals surface area contributed by atoms with Crippen LogP contribution < -0.4 is 10.1 Å². The molecular weight excluding hydrogens is 390 g/mol. The SMILES string of the molecule is COc1ccc(NC(=O)[C@@H]2C[C@@H]3CCCC[C@H]3N2C(=O)c2cccc(Cl)c2)cn1. The number of carbonyl (C=O) groups excluding carboxylic acids is 2. The fraction of sp³-hybridized carbons (Fsp3) is 0.409. The molecule has 1 N–H and O–H groups in total. The van der Waals surface area contributed by atoms with Gasteiger partial charge in [-0.3, -0.25) is 9.59 Å². The third kappa shape index (κ3) is 4.08. The van der Waals surface area contributed by atoms with Crippen molar-refractivity contribution in [2.75, 3.05) is 12.4 Å². The summed E-state index contributed by atoms with van der Waals surface area (Å²) in [5.74, 6) is 0.529. The quantitative estimate of drug-likeness (QED) is 0.817. The largest absolute Gasteiger partial charge is 0.481 e. The second-order valence-electron chi connectivity index (χ2n) is 7.66. The second-order valence-corrected chi connectivity index (χ2v) is 8.10. The van der Waals surface area contributed by atoms with Gasteiger partial charge in [0.1, 0.15) is 6.04 Å². The smallest absolute Gasteiger partial charge is 0.254 e. The molecule has 3 atom stereocenters. The van der Waals surface area contributed by atoms with Crippen LogP contribution in [0.4, 0.5) is 5.69 Å². The highest BCUT2D eigenvalue weighted by Crippen LogP contribution is 2.41. The van der Waals surface area contributed by atoms with Gasteiger partial charge in [-0.25, -0.2) is 4.98 Å². The monoisotopic (exact) mass is 413 g/mol. The summed E-state index contributed by atoms with van der Waals surface area (Å²) in [5, 5.41) is 3.43. The summed E-state index contributed by atoms with van der Waals surface area (Å²) in [6, 6.07) is 9.97. The maximum Gasteiger partial charge on any atom is 0.254 e. The molecule has 0 unspecified atom stereocenters. The molecule has 2 amide bonds. The zero-order chi connectivity index (χ0) is 20.4. The van der Waals surface area contributed by atoms with Crippen molar-refractivity contribution in [1.29, 1.82) is 0 Å². The van der Waals surface area contributed by atoms with Crippen molar-refractivity contribution in [3.63, 3.8) is 0 Å². The molecule has 1 aliphatic heterocycles. The predicted octanol–water partition coefficient (Wildman–Crippen LogP) is 4.16. The lowest BCUT2D eigenvalue weighted by Crippen LogP contribution is -2.47. The average Bonchev–Trinajstić information content (AvgIpc) is 3.13. The van der Waals surface area contributed by atoms with E-state index in [0.29, 0.717) is 34.5 Å². The van der Waals surface area contributed by atoms with E-state index in [2.05, 4.69) is 10.3 Å². The van der Waals surface area contributed by atoms with E-state index in [9.17, 15) is 9.59 Å². The average molecular weight is 414 g/mol. The second kappa shape index (κ2) is 8.41. The van der Waals surface area contributed by atoms with Crippen LogP contribution in [-0.4, -0.2) is 40.9 Å². The fourth-order valence-corrected chi connectivity index (χ4v) is 4.75. The normalized spacial score (nSPS) is 23.4. The number of ether oxygens (including phenoxy) is 1. The van der Waals surface area contributed by atoms with E-state index in [1.165, 1.54) is 0 Å². The molecule has 0 spiro atoms. The molecule has 1 saturated heterocycles. The van der Waals surface area contributed by atoms with Crippen molar-refractivity contribution in [1.82, 2.24) is 9.88 Å². The molecule has 2 fully saturated rings. The van der Waals surface area contributed by atoms with Crippen molar-refractivity contribution in [3.8, 4) is 5.88 Å². The number of hydrogen-bond donors (Lipinski definition) is 1. The lowest BCUT2D eigenvalue weighted by molar-refractivity contribution is -0.120. The van der Waals surface area contributed by atoms with Crippen LogP contribution in [-0.2, 0) is 4.79 Å². The number of amides is 2. The van der Waals surface area contributed by atoms with Crippen LogP contribution in [0.15, 0.2) is 42.6 Å². The van der Waals surface area contributed by atoms with E-state index < -0.39 is 6.04 Å². The van der Waals surface area contributed by atoms with Crippen LogP contribution in [0.25, 0.3) is 0 Å². The Labute approximate surface area is 175 Å². The van der Waals surface area contributed by atoms with E-state index in [-0.39, 0.29) is 17.9 Å². The van der Waals surface area contributed by atoms with Crippen LogP contribution in [0.5, 0.6) is 5.88 Å². The predicted molar refractivity (Wildman–Crippen MR) is 111 cm³/mol. The number of likely N-dealkylation sites (tertiary alicyclic amines) is 1. The lowest BCUT2D eigenvalue weighted by atomic mass is 9.84. The third-order valence-corrected chi connectivity index (χ3v) is 6.14. The maximum absolute atomic E-state index is 13.4. The van der Waals surface area contributed by atoms with Gasteiger partial charge < -0.3 is 15.0 Å². The van der Waals surface area contributed by atoms with Gasteiger partial charge in [-0.05, 0) is 49.4 Å². The summed E-state index contributed by atoms with van der Waals surface area (Å²) in [5.41, 5.74) is 1.11. The Morgan fingerprint density at radius 3 is 2.76 bits per heavy atom. The minimum Gasteiger partial charge on any atom is -0.481 e. The van der Waals surface area contributed by atoms with Crippen LogP contribution in [0, 0.1) is 5.92 Å². The van der Waals surface area contributed by atoms with Gasteiger partial charge in [-0.1, -0.05) is 30.5 Å². The number of pyridine rings is 1. The molecule has 1 aromatic heterocycles. The fourth-order valence-electron chi connectivity index (χ4n) is 4.56. The summed E-state index contributed by atoms with van der Waals surface area (Å²) in [4.78, 5) is 32.4. The maximum atomic E-state index is 13.4. The first-order chi connectivity index (χ1) is 14.1. The first-order valence-corrected chi connectivity index (χ1v) is 10.3. The van der Waals surface area contributed by atoms with E-state index in [0.717, 1.165) is 25.7 Å². The van der Waals surface area contributed by atoms with Crippen LogP contribution in [0.3, 0.4) is 0 Å². The van der Waals surface area contributed by atoms with Gasteiger partial charge in [-0.15, -0.1) is 0 Å². The molecule has 7 heteroatoms. The molecule has 0 radical (unpaired) electrons. The highest BCUT2D eigenvalue weighted by atomic mass is 35.5. The number of anilines is 1. The van der Waals surface area contributed by atoms with Gasteiger partial charge in [0.2, 0.25) is 11.8 Å². The minimum absolute atomic E-state index is 0.0972. The summed E-state index contributed by atoms with van der Waals surface area (Å²) in [6.45, 7) is 0. The number of halogens is 1. The van der Waals surface area contributed by atoms with Crippen LogP contribution >= 0.6 is 11.6 Å². The topological polar surface area (TPSA) is 71.5 Å². The summed E-state index contributed by atoms with van der Waals surface area (Å²) in [6.07, 6.45) is 6.46. The molecule has 0 bridgehead atoms. The third-order valence-electron chi connectivity index (χ3n) is 5.91. The Balaban J connectivity index is 1.58. The molecule has 4 rings (SSSR count). The number of nitrogens with one attached hydrogen (secondary N) is 1. The van der Waals surface area contributed by atoms with Crippen LogP contribution in [0.2, 0.25) is 5.02 Å². The molecule has 1 saturated carbocycles. The molecule has 1 aromatic carbocycles. The van der Waals surface area contributed by atoms with E-state index in [1.54, 1.807) is 54.6 Å². The number of hydrogen-bond acceptors (Lipinski definition) is 4. The Bertz CT molecular complexity index is 902. The number of nitrogens with zero attached hydrogens (tertiary/aromatic N) is 2. The Morgan fingerprint density at radius 2 is 2.03 bits per heavy atom. The molecule has 1 aliphatic carbocycles. The van der Waals surface area contributed by atoms with Crippen molar-refractivity contribution in [2.45, 2.75) is 44.2 Å². The van der Waals surface area contributed by atoms with Gasteiger partial charge in [-0.2, -0.15) is 0 Å². The molecule has 29 heavy (non-hydrogen) atoms. The van der Waals surface area contributed by atoms with E-state index in [1.807, 2.05) is 0 Å². The van der Waals surface area contributed by atoms with E-state index in [4.69, 9.17) is 16.3 Å². The molecule has 2 heterocycles. The Kier molecular flexibility index (Phi) is 5.72. The highest BCUT2D eigenvalue weighted by Gasteiger charge is 2.47. The molecule has 152 valence electrons. The summed E-state index contributed by atoms with van der Waals surface area (Å²) < 4.78 is 5.06. The molecule has 2 aliphatic rings. The van der Waals surface area contributed by atoms with Crippen LogP contribution in [0.1, 0.15) is 42.5 Å². The Morgan fingerprint density at radius 1 is 1.21 bits per heavy atom. The number of aromatic nitrogens is 1. The van der Waals surface area contributed by atoms with Gasteiger partial charge in [0.15, 0.2) is 0 Å². The molecule has 6 nitrogen and oxygen atoms in total. The van der Waals surface area contributed by atoms with Gasteiger partial charge in [0.05, 0.1) is 19.0 Å². The summed E-state index contributed by atoms with van der Waals surface area (Å²) in [7, 11) is 1.54. The van der Waals surface area contributed by atoms with Gasteiger partial charge >= 0.3 is 0 Å². The standard InChI is InChI=1S/C22H24ClN3O3/c1-29-20-10-9-17(13-24-20)25-21(27)19-12-14-5-2-3-8-18(14)26(19)22(28)15-6-4-7-16(23)11-15/h4,6-7,9-11,13-14,18-19H,2-3,5,8,12H2,1H3,(H,25,27)/t14-,18+,19-/m0/s1. The number of fused-ring (bicyclic) bond motifs is 1. The number of benzene rings is 1. The lowest BCUT2D eigenvalue weighted by Gasteiger charge is -2.33. The van der Waals surface area contributed by atoms with Crippen molar-refractivity contribution < 1.29 is 14.3 Å². The first-order valence-electron chi connectivity index (χ1n) is 9.96. The zero-order valence-corrected chi connectivity index (χ0v) is 17.1. The van der Waals surface area contributed by atoms with E-state index >= 15 is 0 Å². The number of carbonyl (C=O) groups is 2. The van der Waals surface area contributed by atoms with Crippen molar-refractivity contribution >= 4 is 29.1 Å². The van der Waals surface area contributed by atoms with Gasteiger partial charge in [0, 0.05) is 22.7 Å². The van der Waals surface area contributed by atoms with Gasteiger partial charge in [0.25, 0.3) is 5.91 Å². The van der Waals surface area contributed by atoms with Crippen molar-refractivity contribution in [2.24, 2.45) is 5.92 Å². The highest BCUT2D eigenvalue weighted by molar-refractivity contribution is 6.31. The number of rotatable bonds is 4. The molecule has 2 aromatic rings. The number of methoxy groups -OCH3 is 1. The Hall–Kier alpha value is -2.60. The van der Waals surface area contributed by atoms with Crippen molar-refractivity contribution in [3.05, 3.63) is 53.2 Å². The first kappa shape index (κ1) is 19.7. The minimum atomic E-state index is -0.503.